The van der Waals surface area contributed by atoms with Gasteiger partial charge in [-0.1, -0.05) is 0 Å². The Kier molecular flexibility index (Phi) is 5.34. The molecule has 1 aliphatic heterocycles. The lowest BCUT2D eigenvalue weighted by Gasteiger charge is -2.16. The molecule has 6 nitrogen and oxygen atoms in total. The molecule has 0 aliphatic carbocycles. The minimum Gasteiger partial charge on any atom is -0.359 e. The molecule has 1 aliphatic rings. The summed E-state index contributed by atoms with van der Waals surface area (Å²) in [5.41, 5.74) is 0.630. The molecule has 0 unspecified atom stereocenters. The van der Waals surface area contributed by atoms with Crippen molar-refractivity contribution >= 4 is 18.1 Å². The molecule has 1 aromatic heterocycles. The van der Waals surface area contributed by atoms with Crippen molar-refractivity contribution in [3.8, 4) is 0 Å². The van der Waals surface area contributed by atoms with Gasteiger partial charge in [0.2, 0.25) is 6.41 Å². The highest BCUT2D eigenvalue weighted by molar-refractivity contribution is 5.94. The molecule has 0 spiro atoms. The van der Waals surface area contributed by atoms with Crippen molar-refractivity contribution in [3.63, 3.8) is 0 Å². The first-order valence-corrected chi connectivity index (χ1v) is 6.97. The van der Waals surface area contributed by atoms with E-state index in [2.05, 4.69) is 20.5 Å². The van der Waals surface area contributed by atoms with Gasteiger partial charge in [-0.25, -0.2) is 4.98 Å². The summed E-state index contributed by atoms with van der Waals surface area (Å²) in [5, 5.41) is 5.39. The van der Waals surface area contributed by atoms with Gasteiger partial charge in [0.1, 0.15) is 5.82 Å². The van der Waals surface area contributed by atoms with E-state index in [-0.39, 0.29) is 5.91 Å². The normalized spacial score (nSPS) is 14.1. The molecule has 0 aromatic carbocycles. The number of nitrogens with zero attached hydrogens (tertiary/aromatic N) is 2. The van der Waals surface area contributed by atoms with Crippen molar-refractivity contribution in [1.29, 1.82) is 0 Å². The van der Waals surface area contributed by atoms with Crippen molar-refractivity contribution in [3.05, 3.63) is 23.9 Å². The lowest BCUT2D eigenvalue weighted by Crippen LogP contribution is -2.27. The highest BCUT2D eigenvalue weighted by Crippen LogP contribution is 2.18. The Balaban J connectivity index is 1.86. The van der Waals surface area contributed by atoms with Crippen LogP contribution in [0.3, 0.4) is 0 Å². The molecule has 0 bridgehead atoms. The minimum atomic E-state index is -0.0982. The number of pyridine rings is 1. The standard InChI is InChI=1S/C14H20N4O2/c19-11-15-5-3-6-17-14(20)12-4-7-16-13(10-12)18-8-1-2-9-18/h4,7,10-11H,1-3,5-6,8-9H2,(H,15,19)(H,17,20). The average Bonchev–Trinajstić information content (AvgIpc) is 3.01. The average molecular weight is 276 g/mol. The molecule has 1 fully saturated rings. The van der Waals surface area contributed by atoms with Gasteiger partial charge >= 0.3 is 0 Å². The quantitative estimate of drug-likeness (QED) is 0.563. The Morgan fingerprint density at radius 1 is 1.35 bits per heavy atom. The molecule has 20 heavy (non-hydrogen) atoms. The van der Waals surface area contributed by atoms with E-state index in [1.165, 1.54) is 12.8 Å². The van der Waals surface area contributed by atoms with Crippen molar-refractivity contribution in [2.45, 2.75) is 19.3 Å². The summed E-state index contributed by atoms with van der Waals surface area (Å²) in [7, 11) is 0. The van der Waals surface area contributed by atoms with Crippen LogP contribution in [0.25, 0.3) is 0 Å². The molecule has 2 heterocycles. The van der Waals surface area contributed by atoms with Crippen LogP contribution in [0.15, 0.2) is 18.3 Å². The van der Waals surface area contributed by atoms with Crippen LogP contribution < -0.4 is 15.5 Å². The first kappa shape index (κ1) is 14.3. The number of amides is 2. The molecule has 2 rings (SSSR count). The lowest BCUT2D eigenvalue weighted by atomic mass is 10.2. The number of rotatable bonds is 7. The fourth-order valence-corrected chi connectivity index (χ4v) is 2.23. The summed E-state index contributed by atoms with van der Waals surface area (Å²) in [6.45, 7) is 3.13. The van der Waals surface area contributed by atoms with Gasteiger partial charge in [-0.15, -0.1) is 0 Å². The molecule has 6 heteroatoms. The molecule has 1 aromatic rings. The van der Waals surface area contributed by atoms with Crippen LogP contribution in [0.1, 0.15) is 29.6 Å². The summed E-state index contributed by atoms with van der Waals surface area (Å²) in [6, 6.07) is 3.56. The molecule has 1 saturated heterocycles. The third-order valence-corrected chi connectivity index (χ3v) is 3.30. The van der Waals surface area contributed by atoms with E-state index in [0.717, 1.165) is 18.9 Å². The molecule has 0 atom stereocenters. The fraction of sp³-hybridized carbons (Fsp3) is 0.500. The fourth-order valence-electron chi connectivity index (χ4n) is 2.23. The van der Waals surface area contributed by atoms with Crippen molar-refractivity contribution in [2.75, 3.05) is 31.1 Å². The number of nitrogens with one attached hydrogen (secondary N) is 2. The monoisotopic (exact) mass is 276 g/mol. The van der Waals surface area contributed by atoms with Gasteiger partial charge in [0, 0.05) is 37.9 Å². The Morgan fingerprint density at radius 2 is 2.15 bits per heavy atom. The van der Waals surface area contributed by atoms with Gasteiger partial charge in [-0.2, -0.15) is 0 Å². The van der Waals surface area contributed by atoms with E-state index < -0.39 is 0 Å². The highest BCUT2D eigenvalue weighted by Gasteiger charge is 2.15. The summed E-state index contributed by atoms with van der Waals surface area (Å²) in [6.07, 6.45) is 5.42. The largest absolute Gasteiger partial charge is 0.359 e. The number of anilines is 1. The van der Waals surface area contributed by atoms with Crippen LogP contribution in [0.5, 0.6) is 0 Å². The van der Waals surface area contributed by atoms with Gasteiger partial charge in [-0.05, 0) is 31.4 Å². The van der Waals surface area contributed by atoms with Crippen LogP contribution in [-0.2, 0) is 4.79 Å². The predicted molar refractivity (Wildman–Crippen MR) is 76.7 cm³/mol. The zero-order valence-corrected chi connectivity index (χ0v) is 11.5. The van der Waals surface area contributed by atoms with Gasteiger partial charge in [0.05, 0.1) is 0 Å². The van der Waals surface area contributed by atoms with Crippen molar-refractivity contribution < 1.29 is 9.59 Å². The van der Waals surface area contributed by atoms with Crippen LogP contribution in [0.4, 0.5) is 5.82 Å². The summed E-state index contributed by atoms with van der Waals surface area (Å²) < 4.78 is 0. The van der Waals surface area contributed by atoms with Crippen LogP contribution in [0.2, 0.25) is 0 Å². The maximum Gasteiger partial charge on any atom is 0.251 e. The number of carbonyl (C=O) groups excluding carboxylic acids is 2. The highest BCUT2D eigenvalue weighted by atomic mass is 16.1. The molecule has 2 amide bonds. The van der Waals surface area contributed by atoms with Gasteiger partial charge in [0.25, 0.3) is 5.91 Å². The Hall–Kier alpha value is -2.11. The number of hydrogen-bond donors (Lipinski definition) is 2. The Labute approximate surface area is 118 Å². The van der Waals surface area contributed by atoms with Crippen molar-refractivity contribution in [1.82, 2.24) is 15.6 Å². The maximum atomic E-state index is 12.0. The van der Waals surface area contributed by atoms with E-state index in [9.17, 15) is 9.59 Å². The second kappa shape index (κ2) is 7.47. The van der Waals surface area contributed by atoms with Crippen LogP contribution in [0, 0.1) is 0 Å². The van der Waals surface area contributed by atoms with Gasteiger partial charge < -0.3 is 15.5 Å². The van der Waals surface area contributed by atoms with E-state index in [1.54, 1.807) is 12.3 Å². The lowest BCUT2D eigenvalue weighted by molar-refractivity contribution is -0.109. The molecular weight excluding hydrogens is 256 g/mol. The van der Waals surface area contributed by atoms with E-state index in [1.807, 2.05) is 6.07 Å². The minimum absolute atomic E-state index is 0.0982. The topological polar surface area (TPSA) is 74.3 Å². The third-order valence-electron chi connectivity index (χ3n) is 3.30. The van der Waals surface area contributed by atoms with E-state index in [0.29, 0.717) is 31.5 Å². The Bertz CT molecular complexity index is 458. The maximum absolute atomic E-state index is 12.0. The first-order valence-electron chi connectivity index (χ1n) is 6.97. The molecule has 108 valence electrons. The Morgan fingerprint density at radius 3 is 2.90 bits per heavy atom. The zero-order chi connectivity index (χ0) is 14.2. The molecular formula is C14H20N4O2. The van der Waals surface area contributed by atoms with Crippen LogP contribution in [-0.4, -0.2) is 43.5 Å². The summed E-state index contributed by atoms with van der Waals surface area (Å²) >= 11 is 0. The van der Waals surface area contributed by atoms with Crippen LogP contribution >= 0.6 is 0 Å². The SMILES string of the molecule is O=CNCCCNC(=O)c1ccnc(N2CCCC2)c1. The van der Waals surface area contributed by atoms with E-state index in [4.69, 9.17) is 0 Å². The first-order chi connectivity index (χ1) is 9.81. The molecule has 2 N–H and O–H groups in total. The smallest absolute Gasteiger partial charge is 0.251 e. The third kappa shape index (κ3) is 3.94. The number of carbonyl (C=O) groups is 2. The number of hydrogen-bond acceptors (Lipinski definition) is 4. The second-order valence-corrected chi connectivity index (χ2v) is 4.78. The second-order valence-electron chi connectivity index (χ2n) is 4.78. The molecule has 0 saturated carbocycles. The molecule has 0 radical (unpaired) electrons. The zero-order valence-electron chi connectivity index (χ0n) is 11.5. The summed E-state index contributed by atoms with van der Waals surface area (Å²) in [5.74, 6) is 0.775. The number of aromatic nitrogens is 1. The van der Waals surface area contributed by atoms with Gasteiger partial charge in [-0.3, -0.25) is 9.59 Å². The summed E-state index contributed by atoms with van der Waals surface area (Å²) in [4.78, 5) is 28.6. The van der Waals surface area contributed by atoms with Crippen molar-refractivity contribution in [2.24, 2.45) is 0 Å². The van der Waals surface area contributed by atoms with E-state index >= 15 is 0 Å². The van der Waals surface area contributed by atoms with Gasteiger partial charge in [0.15, 0.2) is 0 Å². The predicted octanol–water partition coefficient (Wildman–Crippen LogP) is 0.548.